The van der Waals surface area contributed by atoms with Crippen LogP contribution in [0.4, 0.5) is 0 Å². The molecule has 114 valence electrons. The summed E-state index contributed by atoms with van der Waals surface area (Å²) < 4.78 is 21.2. The van der Waals surface area contributed by atoms with Gasteiger partial charge in [-0.1, -0.05) is 12.1 Å². The van der Waals surface area contributed by atoms with Gasteiger partial charge in [-0.15, -0.1) is 0 Å². The van der Waals surface area contributed by atoms with E-state index in [9.17, 15) is 4.79 Å². The third-order valence-electron chi connectivity index (χ3n) is 3.36. The highest BCUT2D eigenvalue weighted by Crippen LogP contribution is 2.39. The van der Waals surface area contributed by atoms with E-state index in [1.54, 1.807) is 13.2 Å². The van der Waals surface area contributed by atoms with Gasteiger partial charge in [-0.3, -0.25) is 4.79 Å². The van der Waals surface area contributed by atoms with E-state index in [0.717, 1.165) is 16.9 Å². The van der Waals surface area contributed by atoms with Gasteiger partial charge in [0.15, 0.2) is 11.5 Å². The Balaban J connectivity index is 1.91. The molecule has 2 aromatic carbocycles. The van der Waals surface area contributed by atoms with Crippen molar-refractivity contribution in [3.8, 4) is 23.0 Å². The number of hydrogen-bond donors (Lipinski definition) is 0. The first-order valence-electron chi connectivity index (χ1n) is 6.89. The number of benzene rings is 2. The van der Waals surface area contributed by atoms with Crippen LogP contribution in [0.25, 0.3) is 0 Å². The third kappa shape index (κ3) is 2.98. The molecule has 5 nitrogen and oxygen atoms in total. The molecule has 0 radical (unpaired) electrons. The van der Waals surface area contributed by atoms with E-state index in [1.165, 1.54) is 6.92 Å². The second-order valence-corrected chi connectivity index (χ2v) is 4.93. The van der Waals surface area contributed by atoms with Crippen molar-refractivity contribution < 1.29 is 23.7 Å². The van der Waals surface area contributed by atoms with E-state index in [4.69, 9.17) is 18.9 Å². The summed E-state index contributed by atoms with van der Waals surface area (Å²) in [7, 11) is 1.63. The van der Waals surface area contributed by atoms with E-state index >= 15 is 0 Å². The molecule has 1 aliphatic rings. The summed E-state index contributed by atoms with van der Waals surface area (Å²) in [5, 5.41) is 0. The highest BCUT2D eigenvalue weighted by molar-refractivity contribution is 5.70. The first-order valence-corrected chi connectivity index (χ1v) is 6.89. The number of ether oxygens (including phenoxy) is 4. The minimum absolute atomic E-state index is 0.181. The van der Waals surface area contributed by atoms with Crippen LogP contribution in [-0.2, 0) is 11.2 Å². The predicted molar refractivity (Wildman–Crippen MR) is 79.7 cm³/mol. The van der Waals surface area contributed by atoms with Crippen LogP contribution in [0, 0.1) is 0 Å². The number of carbonyl (C=O) groups is 1. The molecule has 0 unspecified atom stereocenters. The van der Waals surface area contributed by atoms with Gasteiger partial charge in [-0.25, -0.2) is 0 Å². The fourth-order valence-electron chi connectivity index (χ4n) is 2.32. The maximum atomic E-state index is 11.3. The fourth-order valence-corrected chi connectivity index (χ4v) is 2.32. The monoisotopic (exact) mass is 300 g/mol. The molecule has 1 heterocycles. The summed E-state index contributed by atoms with van der Waals surface area (Å²) in [4.78, 5) is 11.3. The smallest absolute Gasteiger partial charge is 0.308 e. The van der Waals surface area contributed by atoms with Gasteiger partial charge >= 0.3 is 5.97 Å². The van der Waals surface area contributed by atoms with Crippen molar-refractivity contribution in [3.63, 3.8) is 0 Å². The van der Waals surface area contributed by atoms with Gasteiger partial charge in [0.1, 0.15) is 11.5 Å². The standard InChI is InChI=1S/C17H16O5/c1-11(18)22-15-9-17-16(20-10-21-17)8-13(15)7-12-3-5-14(19-2)6-4-12/h3-6,8-9H,7,10H2,1-2H3. The first-order chi connectivity index (χ1) is 10.7. The molecule has 0 saturated heterocycles. The molecule has 1 aliphatic heterocycles. The van der Waals surface area contributed by atoms with Crippen molar-refractivity contribution >= 4 is 5.97 Å². The predicted octanol–water partition coefficient (Wildman–Crippen LogP) is 2.94. The molecule has 0 saturated carbocycles. The lowest BCUT2D eigenvalue weighted by Gasteiger charge is -2.11. The van der Waals surface area contributed by atoms with E-state index in [1.807, 2.05) is 30.3 Å². The van der Waals surface area contributed by atoms with Crippen molar-refractivity contribution in [1.82, 2.24) is 0 Å². The molecule has 2 aromatic rings. The molecule has 0 aliphatic carbocycles. The van der Waals surface area contributed by atoms with E-state index in [0.29, 0.717) is 23.7 Å². The third-order valence-corrected chi connectivity index (χ3v) is 3.36. The van der Waals surface area contributed by atoms with Crippen LogP contribution in [0.3, 0.4) is 0 Å². The van der Waals surface area contributed by atoms with Gasteiger partial charge < -0.3 is 18.9 Å². The molecule has 0 amide bonds. The highest BCUT2D eigenvalue weighted by atomic mass is 16.7. The molecular weight excluding hydrogens is 284 g/mol. The van der Waals surface area contributed by atoms with Crippen LogP contribution in [0.15, 0.2) is 36.4 Å². The van der Waals surface area contributed by atoms with Gasteiger partial charge in [-0.05, 0) is 23.8 Å². The zero-order chi connectivity index (χ0) is 15.5. The van der Waals surface area contributed by atoms with Crippen LogP contribution in [-0.4, -0.2) is 19.9 Å². The summed E-state index contributed by atoms with van der Waals surface area (Å²) >= 11 is 0. The molecule has 0 spiro atoms. The Morgan fingerprint density at radius 2 is 1.82 bits per heavy atom. The van der Waals surface area contributed by atoms with Gasteiger partial charge in [0.05, 0.1) is 7.11 Å². The van der Waals surface area contributed by atoms with Crippen molar-refractivity contribution in [2.45, 2.75) is 13.3 Å². The van der Waals surface area contributed by atoms with Crippen molar-refractivity contribution in [1.29, 1.82) is 0 Å². The van der Waals surface area contributed by atoms with E-state index in [-0.39, 0.29) is 12.8 Å². The maximum Gasteiger partial charge on any atom is 0.308 e. The van der Waals surface area contributed by atoms with Crippen LogP contribution >= 0.6 is 0 Å². The Bertz CT molecular complexity index is 691. The van der Waals surface area contributed by atoms with Crippen LogP contribution in [0.5, 0.6) is 23.0 Å². The number of fused-ring (bicyclic) bond motifs is 1. The topological polar surface area (TPSA) is 54.0 Å². The molecule has 0 fully saturated rings. The lowest BCUT2D eigenvalue weighted by molar-refractivity contribution is -0.131. The second-order valence-electron chi connectivity index (χ2n) is 4.93. The van der Waals surface area contributed by atoms with Crippen LogP contribution in [0.1, 0.15) is 18.1 Å². The zero-order valence-electron chi connectivity index (χ0n) is 12.4. The summed E-state index contributed by atoms with van der Waals surface area (Å²) in [6.07, 6.45) is 0.614. The number of esters is 1. The van der Waals surface area contributed by atoms with E-state index in [2.05, 4.69) is 0 Å². The molecule has 3 rings (SSSR count). The number of methoxy groups -OCH3 is 1. The first kappa shape index (κ1) is 14.3. The molecule has 0 bridgehead atoms. The van der Waals surface area contributed by atoms with Crippen molar-refractivity contribution in [2.24, 2.45) is 0 Å². The lowest BCUT2D eigenvalue weighted by atomic mass is 10.0. The summed E-state index contributed by atoms with van der Waals surface area (Å²) in [5.74, 6) is 2.19. The maximum absolute atomic E-state index is 11.3. The average Bonchev–Trinajstić information content (AvgIpc) is 2.95. The Kier molecular flexibility index (Phi) is 3.87. The highest BCUT2D eigenvalue weighted by Gasteiger charge is 2.19. The Labute approximate surface area is 128 Å². The van der Waals surface area contributed by atoms with Crippen molar-refractivity contribution in [3.05, 3.63) is 47.5 Å². The summed E-state index contributed by atoms with van der Waals surface area (Å²) in [6, 6.07) is 11.3. The van der Waals surface area contributed by atoms with Crippen LogP contribution < -0.4 is 18.9 Å². The normalized spacial score (nSPS) is 12.1. The van der Waals surface area contributed by atoms with Gasteiger partial charge in [0.25, 0.3) is 0 Å². The molecule has 22 heavy (non-hydrogen) atoms. The number of hydrogen-bond acceptors (Lipinski definition) is 5. The summed E-state index contributed by atoms with van der Waals surface area (Å²) in [5.41, 5.74) is 1.94. The number of carbonyl (C=O) groups excluding carboxylic acids is 1. The van der Waals surface area contributed by atoms with Crippen LogP contribution in [0.2, 0.25) is 0 Å². The zero-order valence-corrected chi connectivity index (χ0v) is 12.4. The fraction of sp³-hybridized carbons (Fsp3) is 0.235. The van der Waals surface area contributed by atoms with Gasteiger partial charge in [0, 0.05) is 25.0 Å². The van der Waals surface area contributed by atoms with Gasteiger partial charge in [-0.2, -0.15) is 0 Å². The molecule has 5 heteroatoms. The van der Waals surface area contributed by atoms with Crippen molar-refractivity contribution in [2.75, 3.05) is 13.9 Å². The average molecular weight is 300 g/mol. The second kappa shape index (κ2) is 5.97. The summed E-state index contributed by atoms with van der Waals surface area (Å²) in [6.45, 7) is 1.56. The minimum atomic E-state index is -0.366. The largest absolute Gasteiger partial charge is 0.497 e. The van der Waals surface area contributed by atoms with E-state index < -0.39 is 0 Å². The Hall–Kier alpha value is -2.69. The lowest BCUT2D eigenvalue weighted by Crippen LogP contribution is -2.04. The number of rotatable bonds is 4. The molecule has 0 atom stereocenters. The molecule has 0 aromatic heterocycles. The molecule has 0 N–H and O–H groups in total. The SMILES string of the molecule is COc1ccc(Cc2cc3c(cc2OC(C)=O)OCO3)cc1. The Morgan fingerprint density at radius 1 is 1.14 bits per heavy atom. The van der Waals surface area contributed by atoms with Gasteiger partial charge in [0.2, 0.25) is 6.79 Å². The quantitative estimate of drug-likeness (QED) is 0.642. The Morgan fingerprint density at radius 3 is 2.45 bits per heavy atom. The minimum Gasteiger partial charge on any atom is -0.497 e. The molecular formula is C17H16O5.